The summed E-state index contributed by atoms with van der Waals surface area (Å²) in [7, 11) is 0. The van der Waals surface area contributed by atoms with Crippen molar-refractivity contribution in [1.29, 1.82) is 0 Å². The highest BCUT2D eigenvalue weighted by atomic mass is 35.5. The van der Waals surface area contributed by atoms with E-state index in [0.29, 0.717) is 5.88 Å². The van der Waals surface area contributed by atoms with Gasteiger partial charge in [-0.2, -0.15) is 5.10 Å². The molecule has 4 aromatic rings. The van der Waals surface area contributed by atoms with Crippen LogP contribution in [0.2, 0.25) is 0 Å². The lowest BCUT2D eigenvalue weighted by Gasteiger charge is -2.35. The minimum atomic E-state index is -0.534. The summed E-state index contributed by atoms with van der Waals surface area (Å²) in [6.07, 6.45) is 1.89. The van der Waals surface area contributed by atoms with Gasteiger partial charge in [-0.15, -0.1) is 11.6 Å². The summed E-state index contributed by atoms with van der Waals surface area (Å²) >= 11 is 6.28. The molecule has 0 aliphatic carbocycles. The minimum Gasteiger partial charge on any atom is -0.285 e. The van der Waals surface area contributed by atoms with E-state index in [1.165, 1.54) is 0 Å². The third-order valence-electron chi connectivity index (χ3n) is 4.84. The zero-order valence-corrected chi connectivity index (χ0v) is 15.0. The first kappa shape index (κ1) is 16.6. The van der Waals surface area contributed by atoms with Crippen LogP contribution in [0.4, 0.5) is 0 Å². The van der Waals surface area contributed by atoms with Gasteiger partial charge in [-0.1, -0.05) is 91.0 Å². The molecular weight excluding hydrogens is 340 g/mol. The van der Waals surface area contributed by atoms with Crippen molar-refractivity contribution in [1.82, 2.24) is 10.2 Å². The van der Waals surface area contributed by atoms with Crippen molar-refractivity contribution >= 4 is 11.6 Å². The second-order valence-electron chi connectivity index (χ2n) is 6.24. The molecule has 2 nitrogen and oxygen atoms in total. The molecule has 0 fully saturated rings. The molecule has 0 unspecified atom stereocenters. The number of benzene rings is 3. The fourth-order valence-corrected chi connectivity index (χ4v) is 3.92. The van der Waals surface area contributed by atoms with Crippen LogP contribution in [0.5, 0.6) is 0 Å². The number of alkyl halides is 1. The van der Waals surface area contributed by atoms with E-state index in [4.69, 9.17) is 11.6 Å². The van der Waals surface area contributed by atoms with Crippen molar-refractivity contribution < 1.29 is 0 Å². The van der Waals surface area contributed by atoms with Crippen LogP contribution in [-0.2, 0) is 11.3 Å². The fourth-order valence-electron chi connectivity index (χ4n) is 3.72. The van der Waals surface area contributed by atoms with E-state index < -0.39 is 5.41 Å². The Bertz CT molecular complexity index is 866. The predicted octanol–water partition coefficient (Wildman–Crippen LogP) is 5.53. The summed E-state index contributed by atoms with van der Waals surface area (Å²) in [5.41, 5.74) is 4.90. The first-order valence-corrected chi connectivity index (χ1v) is 9.16. The van der Waals surface area contributed by atoms with Gasteiger partial charge in [0.25, 0.3) is 0 Å². The summed E-state index contributed by atoms with van der Waals surface area (Å²) in [5, 5.41) is 7.71. The summed E-state index contributed by atoms with van der Waals surface area (Å²) in [6, 6.07) is 31.5. The lowest BCUT2D eigenvalue weighted by atomic mass is 9.66. The van der Waals surface area contributed by atoms with Gasteiger partial charge in [-0.3, -0.25) is 5.10 Å². The van der Waals surface area contributed by atoms with E-state index in [1.807, 2.05) is 24.4 Å². The third-order valence-corrected chi connectivity index (χ3v) is 5.13. The zero-order chi connectivity index (χ0) is 17.8. The van der Waals surface area contributed by atoms with E-state index >= 15 is 0 Å². The molecule has 3 aromatic carbocycles. The number of aromatic amines is 1. The number of halogens is 1. The topological polar surface area (TPSA) is 28.7 Å². The standard InChI is InChI=1S/C23H19ClN2/c24-16-18-17-25-26-22(18)23(19-10-4-1-5-11-19,20-12-6-2-7-13-20)21-14-8-3-9-15-21/h1-15,17H,16H2,(H,25,26). The number of aromatic nitrogens is 2. The van der Waals surface area contributed by atoms with Gasteiger partial charge in [0.15, 0.2) is 0 Å². The maximum atomic E-state index is 6.28. The molecule has 0 aliphatic heterocycles. The Kier molecular flexibility index (Phi) is 4.59. The van der Waals surface area contributed by atoms with E-state index in [-0.39, 0.29) is 0 Å². The predicted molar refractivity (Wildman–Crippen MR) is 106 cm³/mol. The van der Waals surface area contributed by atoms with Crippen LogP contribution in [0.1, 0.15) is 27.9 Å². The summed E-state index contributed by atoms with van der Waals surface area (Å²) in [4.78, 5) is 0. The lowest BCUT2D eigenvalue weighted by molar-refractivity contribution is 0.702. The Morgan fingerprint density at radius 2 is 1.12 bits per heavy atom. The Labute approximate surface area is 158 Å². The first-order chi connectivity index (χ1) is 12.9. The fraction of sp³-hybridized carbons (Fsp3) is 0.0870. The summed E-state index contributed by atoms with van der Waals surface area (Å²) in [5.74, 6) is 0.403. The molecule has 0 bridgehead atoms. The van der Waals surface area contributed by atoms with Crippen LogP contribution >= 0.6 is 11.6 Å². The van der Waals surface area contributed by atoms with Gasteiger partial charge >= 0.3 is 0 Å². The Balaban J connectivity index is 2.15. The van der Waals surface area contributed by atoms with Crippen molar-refractivity contribution in [2.24, 2.45) is 0 Å². The van der Waals surface area contributed by atoms with Gasteiger partial charge in [-0.25, -0.2) is 0 Å². The highest BCUT2D eigenvalue weighted by Crippen LogP contribution is 2.45. The summed E-state index contributed by atoms with van der Waals surface area (Å²) in [6.45, 7) is 0. The number of hydrogen-bond donors (Lipinski definition) is 1. The SMILES string of the molecule is ClCc1c[nH]nc1C(c1ccccc1)(c1ccccc1)c1ccccc1. The molecule has 4 rings (SSSR count). The molecule has 0 atom stereocenters. The molecule has 0 aliphatic rings. The van der Waals surface area contributed by atoms with Gasteiger partial charge in [0.2, 0.25) is 0 Å². The molecule has 26 heavy (non-hydrogen) atoms. The second kappa shape index (κ2) is 7.19. The highest BCUT2D eigenvalue weighted by Gasteiger charge is 2.41. The van der Waals surface area contributed by atoms with Crippen LogP contribution in [0.25, 0.3) is 0 Å². The maximum absolute atomic E-state index is 6.28. The molecule has 1 heterocycles. The molecule has 128 valence electrons. The molecular formula is C23H19ClN2. The van der Waals surface area contributed by atoms with Crippen LogP contribution in [0.3, 0.4) is 0 Å². The number of rotatable bonds is 5. The second-order valence-corrected chi connectivity index (χ2v) is 6.51. The minimum absolute atomic E-state index is 0.403. The first-order valence-electron chi connectivity index (χ1n) is 8.63. The van der Waals surface area contributed by atoms with Gasteiger partial charge in [-0.05, 0) is 16.7 Å². The number of H-pyrrole nitrogens is 1. The lowest BCUT2D eigenvalue weighted by Crippen LogP contribution is -2.32. The third kappa shape index (κ3) is 2.63. The average Bonchev–Trinajstić information content (AvgIpc) is 3.20. The molecule has 0 amide bonds. The molecule has 0 saturated heterocycles. The molecule has 3 heteroatoms. The van der Waals surface area contributed by atoms with Crippen molar-refractivity contribution in [2.45, 2.75) is 11.3 Å². The molecule has 1 N–H and O–H groups in total. The van der Waals surface area contributed by atoms with E-state index in [0.717, 1.165) is 27.9 Å². The Morgan fingerprint density at radius 1 is 0.692 bits per heavy atom. The molecule has 0 spiro atoms. The van der Waals surface area contributed by atoms with Gasteiger partial charge in [0.1, 0.15) is 0 Å². The number of hydrogen-bond acceptors (Lipinski definition) is 1. The zero-order valence-electron chi connectivity index (χ0n) is 14.3. The Hall–Kier alpha value is -2.84. The number of nitrogens with zero attached hydrogens (tertiary/aromatic N) is 1. The van der Waals surface area contributed by atoms with Crippen molar-refractivity contribution in [2.75, 3.05) is 0 Å². The van der Waals surface area contributed by atoms with E-state index in [9.17, 15) is 0 Å². The van der Waals surface area contributed by atoms with Gasteiger partial charge in [0, 0.05) is 11.8 Å². The number of nitrogens with one attached hydrogen (secondary N) is 1. The molecule has 0 radical (unpaired) electrons. The maximum Gasteiger partial charge on any atom is 0.0895 e. The van der Waals surface area contributed by atoms with E-state index in [2.05, 4.69) is 83.0 Å². The van der Waals surface area contributed by atoms with Gasteiger partial charge < -0.3 is 0 Å². The van der Waals surface area contributed by atoms with Crippen LogP contribution in [0.15, 0.2) is 97.2 Å². The van der Waals surface area contributed by atoms with Gasteiger partial charge in [0.05, 0.1) is 17.0 Å². The van der Waals surface area contributed by atoms with Crippen LogP contribution in [0, 0.1) is 0 Å². The van der Waals surface area contributed by atoms with Crippen molar-refractivity contribution in [3.63, 3.8) is 0 Å². The largest absolute Gasteiger partial charge is 0.285 e. The average molecular weight is 359 g/mol. The monoisotopic (exact) mass is 358 g/mol. The van der Waals surface area contributed by atoms with Crippen LogP contribution < -0.4 is 0 Å². The van der Waals surface area contributed by atoms with Crippen molar-refractivity contribution in [3.8, 4) is 0 Å². The quantitative estimate of drug-likeness (QED) is 0.368. The molecule has 1 aromatic heterocycles. The Morgan fingerprint density at radius 3 is 1.50 bits per heavy atom. The van der Waals surface area contributed by atoms with Crippen LogP contribution in [-0.4, -0.2) is 10.2 Å². The smallest absolute Gasteiger partial charge is 0.0895 e. The highest BCUT2D eigenvalue weighted by molar-refractivity contribution is 6.17. The normalized spacial score (nSPS) is 11.4. The van der Waals surface area contributed by atoms with E-state index in [1.54, 1.807) is 0 Å². The summed E-state index contributed by atoms with van der Waals surface area (Å²) < 4.78 is 0. The van der Waals surface area contributed by atoms with Crippen molar-refractivity contribution in [3.05, 3.63) is 125 Å². The molecule has 0 saturated carbocycles.